The largest absolute Gasteiger partial charge is 0.507 e. The van der Waals surface area contributed by atoms with E-state index in [1.807, 2.05) is 49.4 Å². The first kappa shape index (κ1) is 35.1. The minimum Gasteiger partial charge on any atom is -0.507 e. The zero-order valence-electron chi connectivity index (χ0n) is 31.1. The van der Waals surface area contributed by atoms with Gasteiger partial charge in [0.25, 0.3) is 0 Å². The van der Waals surface area contributed by atoms with E-state index in [2.05, 4.69) is 52.3 Å². The number of fused-ring (bicyclic) bond motifs is 4. The Morgan fingerprint density at radius 2 is 1.11 bits per heavy atom. The van der Waals surface area contributed by atoms with Crippen LogP contribution >= 0.6 is 0 Å². The molecule has 0 bridgehead atoms. The Morgan fingerprint density at radius 3 is 1.67 bits per heavy atom. The second-order valence-electron chi connectivity index (χ2n) is 16.6. The van der Waals surface area contributed by atoms with E-state index in [-0.39, 0.29) is 47.4 Å². The first-order valence-electron chi connectivity index (χ1n) is 20.0. The number of nitrogens with zero attached hydrogens (tertiary/aromatic N) is 4. The average Bonchev–Trinajstić information content (AvgIpc) is 3.60. The highest BCUT2D eigenvalue weighted by atomic mass is 16.3. The first-order chi connectivity index (χ1) is 26.3. The number of likely N-dealkylation sites (tertiary alicyclic amines) is 4. The molecule has 0 aromatic heterocycles. The summed E-state index contributed by atoms with van der Waals surface area (Å²) in [5, 5.41) is 11.5. The SMILES string of the molecule is Cc1cccc(C2C3=CCC4C(=O)N(C5CCN(Cc6ccccc6)CC5)C(=O)C4C3CC3C(=O)N(C4CCN(Cc5ccccc5)CC4)C(=O)C32)c1O. The molecule has 280 valence electrons. The van der Waals surface area contributed by atoms with Gasteiger partial charge in [0.1, 0.15) is 5.75 Å². The van der Waals surface area contributed by atoms with Crippen LogP contribution in [0.25, 0.3) is 0 Å². The maximum atomic E-state index is 14.7. The van der Waals surface area contributed by atoms with E-state index in [1.165, 1.54) is 11.1 Å². The number of carbonyl (C=O) groups excluding carboxylic acids is 4. The number of aryl methyl sites for hydroxylation is 1. The molecule has 6 aliphatic rings. The van der Waals surface area contributed by atoms with E-state index >= 15 is 0 Å². The number of imide groups is 2. The molecular weight excluding hydrogens is 677 g/mol. The number of para-hydroxylation sites is 1. The number of hydrogen-bond acceptors (Lipinski definition) is 7. The standard InChI is InChI=1S/C45H50N4O5/c1-28-9-8-14-34(41(28)50)38-33-15-16-35-39(44(53)48(42(35)51)31-17-21-46(22-18-31)26-29-10-4-2-5-11-29)36(33)25-37-40(38)45(54)49(43(37)52)32-19-23-47(24-20-32)27-30-12-6-3-7-13-30/h2-15,31-32,35-40,50H,16-27H2,1H3. The van der Waals surface area contributed by atoms with Crippen molar-refractivity contribution in [1.29, 1.82) is 0 Å². The van der Waals surface area contributed by atoms with E-state index in [9.17, 15) is 24.3 Å². The molecule has 3 aromatic carbocycles. The van der Waals surface area contributed by atoms with Crippen LogP contribution in [-0.4, -0.2) is 86.6 Å². The summed E-state index contributed by atoms with van der Waals surface area (Å²) in [6, 6.07) is 26.0. The molecule has 9 nitrogen and oxygen atoms in total. The molecular formula is C45H50N4O5. The highest BCUT2D eigenvalue weighted by Crippen LogP contribution is 2.59. The molecule has 0 radical (unpaired) electrons. The number of benzene rings is 3. The van der Waals surface area contributed by atoms with Crippen molar-refractivity contribution >= 4 is 23.6 Å². The number of hydrogen-bond donors (Lipinski definition) is 1. The predicted molar refractivity (Wildman–Crippen MR) is 204 cm³/mol. The lowest BCUT2D eigenvalue weighted by Gasteiger charge is -2.44. The van der Waals surface area contributed by atoms with E-state index in [4.69, 9.17) is 0 Å². The van der Waals surface area contributed by atoms with Gasteiger partial charge in [-0.2, -0.15) is 0 Å². The third kappa shape index (κ3) is 6.00. The molecule has 0 spiro atoms. The van der Waals surface area contributed by atoms with E-state index < -0.39 is 29.6 Å². The van der Waals surface area contributed by atoms with Gasteiger partial charge in [-0.05, 0) is 68.1 Å². The lowest BCUT2D eigenvalue weighted by Crippen LogP contribution is -2.48. The smallest absolute Gasteiger partial charge is 0.234 e. The lowest BCUT2D eigenvalue weighted by atomic mass is 9.57. The number of phenols is 1. The van der Waals surface area contributed by atoms with Gasteiger partial charge >= 0.3 is 0 Å². The minimum absolute atomic E-state index is 0.0865. The third-order valence-corrected chi connectivity index (χ3v) is 13.7. The quantitative estimate of drug-likeness (QED) is 0.248. The van der Waals surface area contributed by atoms with E-state index in [1.54, 1.807) is 9.80 Å². The molecule has 4 heterocycles. The number of aromatic hydroxyl groups is 1. The van der Waals surface area contributed by atoms with Gasteiger partial charge in [-0.15, -0.1) is 0 Å². The first-order valence-corrected chi connectivity index (χ1v) is 20.0. The molecule has 9 heteroatoms. The zero-order valence-corrected chi connectivity index (χ0v) is 31.1. The fraction of sp³-hybridized carbons (Fsp3) is 0.467. The predicted octanol–water partition coefficient (Wildman–Crippen LogP) is 5.67. The molecule has 6 unspecified atom stereocenters. The number of phenolic OH excluding ortho intramolecular Hbond substituents is 1. The van der Waals surface area contributed by atoms with Crippen LogP contribution in [0.2, 0.25) is 0 Å². The summed E-state index contributed by atoms with van der Waals surface area (Å²) in [7, 11) is 0. The van der Waals surface area contributed by atoms with Crippen LogP contribution in [0, 0.1) is 36.5 Å². The number of rotatable bonds is 7. The Bertz CT molecular complexity index is 1970. The Labute approximate surface area is 317 Å². The maximum Gasteiger partial charge on any atom is 0.234 e. The Morgan fingerprint density at radius 1 is 0.593 bits per heavy atom. The topological polar surface area (TPSA) is 101 Å². The van der Waals surface area contributed by atoms with Crippen LogP contribution in [0.3, 0.4) is 0 Å². The summed E-state index contributed by atoms with van der Waals surface area (Å²) in [5.41, 5.74) is 4.79. The fourth-order valence-corrected chi connectivity index (χ4v) is 11.0. The van der Waals surface area contributed by atoms with Crippen molar-refractivity contribution in [2.45, 2.75) is 76.5 Å². The molecule has 3 aromatic rings. The maximum absolute atomic E-state index is 14.7. The molecule has 5 fully saturated rings. The normalized spacial score (nSPS) is 29.7. The van der Waals surface area contributed by atoms with Gasteiger partial charge in [-0.25, -0.2) is 0 Å². The van der Waals surface area contributed by atoms with Crippen molar-refractivity contribution < 1.29 is 24.3 Å². The summed E-state index contributed by atoms with van der Waals surface area (Å²) in [6.45, 7) is 6.75. The number of carbonyl (C=O) groups is 4. The molecule has 1 N–H and O–H groups in total. The molecule has 9 rings (SSSR count). The van der Waals surface area contributed by atoms with Crippen LogP contribution in [0.15, 0.2) is 90.5 Å². The number of amides is 4. The summed E-state index contributed by atoms with van der Waals surface area (Å²) >= 11 is 0. The van der Waals surface area contributed by atoms with Crippen molar-refractivity contribution in [3.63, 3.8) is 0 Å². The zero-order chi connectivity index (χ0) is 37.1. The van der Waals surface area contributed by atoms with Crippen molar-refractivity contribution in [3.05, 3.63) is 113 Å². The highest BCUT2D eigenvalue weighted by Gasteiger charge is 2.63. The van der Waals surface area contributed by atoms with E-state index in [0.29, 0.717) is 36.8 Å². The third-order valence-electron chi connectivity index (χ3n) is 13.7. The van der Waals surface area contributed by atoms with Crippen molar-refractivity contribution in [1.82, 2.24) is 19.6 Å². The molecule has 4 amide bonds. The fourth-order valence-electron chi connectivity index (χ4n) is 11.0. The van der Waals surface area contributed by atoms with Gasteiger partial charge in [0, 0.05) is 62.8 Å². The number of allylic oxidation sites excluding steroid dienone is 2. The molecule has 1 saturated carbocycles. The Balaban J connectivity index is 0.969. The molecule has 54 heavy (non-hydrogen) atoms. The van der Waals surface area contributed by atoms with Crippen LogP contribution in [-0.2, 0) is 32.3 Å². The Hall–Kier alpha value is -4.60. The molecule has 6 atom stereocenters. The van der Waals surface area contributed by atoms with E-state index in [0.717, 1.165) is 57.7 Å². The molecule has 4 aliphatic heterocycles. The highest BCUT2D eigenvalue weighted by molar-refractivity contribution is 6.08. The van der Waals surface area contributed by atoms with Gasteiger partial charge < -0.3 is 5.11 Å². The number of piperidine rings is 2. The molecule has 2 aliphatic carbocycles. The van der Waals surface area contributed by atoms with Gasteiger partial charge in [-0.1, -0.05) is 90.5 Å². The van der Waals surface area contributed by atoms with Gasteiger partial charge in [0.05, 0.1) is 23.7 Å². The van der Waals surface area contributed by atoms with Crippen LogP contribution in [0.1, 0.15) is 66.7 Å². The monoisotopic (exact) mass is 726 g/mol. The van der Waals surface area contributed by atoms with Crippen LogP contribution < -0.4 is 0 Å². The Kier molecular flexibility index (Phi) is 9.26. The lowest BCUT2D eigenvalue weighted by molar-refractivity contribution is -0.146. The van der Waals surface area contributed by atoms with Crippen LogP contribution in [0.4, 0.5) is 0 Å². The minimum atomic E-state index is -0.649. The van der Waals surface area contributed by atoms with Crippen LogP contribution in [0.5, 0.6) is 5.75 Å². The summed E-state index contributed by atoms with van der Waals surface area (Å²) in [6.07, 6.45) is 5.80. The average molecular weight is 727 g/mol. The van der Waals surface area contributed by atoms with Gasteiger partial charge in [-0.3, -0.25) is 38.8 Å². The van der Waals surface area contributed by atoms with Crippen molar-refractivity contribution in [3.8, 4) is 5.75 Å². The molecule has 4 saturated heterocycles. The second-order valence-corrected chi connectivity index (χ2v) is 16.6. The van der Waals surface area contributed by atoms with Crippen molar-refractivity contribution in [2.24, 2.45) is 29.6 Å². The summed E-state index contributed by atoms with van der Waals surface area (Å²) in [5.74, 6) is -3.54. The summed E-state index contributed by atoms with van der Waals surface area (Å²) in [4.78, 5) is 66.0. The van der Waals surface area contributed by atoms with Gasteiger partial charge in [0.2, 0.25) is 23.6 Å². The van der Waals surface area contributed by atoms with Crippen molar-refractivity contribution in [2.75, 3.05) is 26.2 Å². The van der Waals surface area contributed by atoms with Gasteiger partial charge in [0.15, 0.2) is 0 Å². The second kappa shape index (κ2) is 14.2. The summed E-state index contributed by atoms with van der Waals surface area (Å²) < 4.78 is 0.